The smallest absolute Gasteiger partial charge is 0.0971 e. The summed E-state index contributed by atoms with van der Waals surface area (Å²) in [6, 6.07) is 8.07. The highest BCUT2D eigenvalue weighted by atomic mass is 16.3. The molecule has 1 atom stereocenters. The van der Waals surface area contributed by atoms with Gasteiger partial charge in [0.1, 0.15) is 0 Å². The van der Waals surface area contributed by atoms with Gasteiger partial charge in [0.05, 0.1) is 6.10 Å². The van der Waals surface area contributed by atoms with Gasteiger partial charge in [0.25, 0.3) is 0 Å². The van der Waals surface area contributed by atoms with Crippen molar-refractivity contribution in [3.05, 3.63) is 48.0 Å². The second-order valence-electron chi connectivity index (χ2n) is 3.84. The molecule has 0 fully saturated rings. The van der Waals surface area contributed by atoms with Crippen LogP contribution in [0.5, 0.6) is 0 Å². The molecule has 1 aromatic rings. The standard InChI is InChI=1S/C14H20O/c1-3-5-6-9-12-10-7-8-11-13(12)14(15)4-2/h4,7-8,10-11,14-15H,2-3,5-6,9H2,1H3. The molecule has 0 aromatic heterocycles. The molecule has 0 bridgehead atoms. The number of aliphatic hydroxyl groups excluding tert-OH is 1. The number of aliphatic hydroxyl groups is 1. The van der Waals surface area contributed by atoms with Crippen LogP contribution in [-0.2, 0) is 6.42 Å². The molecule has 1 aromatic carbocycles. The van der Waals surface area contributed by atoms with Crippen LogP contribution in [0.4, 0.5) is 0 Å². The highest BCUT2D eigenvalue weighted by Crippen LogP contribution is 2.20. The van der Waals surface area contributed by atoms with Crippen LogP contribution < -0.4 is 0 Å². The van der Waals surface area contributed by atoms with E-state index in [2.05, 4.69) is 19.6 Å². The zero-order chi connectivity index (χ0) is 11.1. The predicted molar refractivity (Wildman–Crippen MR) is 64.8 cm³/mol. The van der Waals surface area contributed by atoms with Gasteiger partial charge in [-0.25, -0.2) is 0 Å². The van der Waals surface area contributed by atoms with E-state index < -0.39 is 6.10 Å². The maximum Gasteiger partial charge on any atom is 0.0971 e. The Balaban J connectivity index is 2.72. The topological polar surface area (TPSA) is 20.2 Å². The zero-order valence-corrected chi connectivity index (χ0v) is 9.45. The summed E-state index contributed by atoms with van der Waals surface area (Å²) in [5, 5.41) is 9.75. The number of hydrogen-bond acceptors (Lipinski definition) is 1. The van der Waals surface area contributed by atoms with E-state index in [0.717, 1.165) is 12.0 Å². The molecule has 0 heterocycles. The van der Waals surface area contributed by atoms with E-state index >= 15 is 0 Å². The number of rotatable bonds is 6. The molecule has 1 N–H and O–H groups in total. The van der Waals surface area contributed by atoms with Crippen molar-refractivity contribution in [3.8, 4) is 0 Å². The lowest BCUT2D eigenvalue weighted by atomic mass is 9.98. The van der Waals surface area contributed by atoms with Crippen molar-refractivity contribution in [2.24, 2.45) is 0 Å². The fourth-order valence-corrected chi connectivity index (χ4v) is 1.74. The molecule has 0 aliphatic carbocycles. The van der Waals surface area contributed by atoms with E-state index in [4.69, 9.17) is 0 Å². The van der Waals surface area contributed by atoms with Gasteiger partial charge in [0, 0.05) is 0 Å². The first-order valence-corrected chi connectivity index (χ1v) is 5.68. The Morgan fingerprint density at radius 1 is 1.33 bits per heavy atom. The van der Waals surface area contributed by atoms with E-state index in [1.54, 1.807) is 6.08 Å². The normalized spacial score (nSPS) is 12.4. The Morgan fingerprint density at radius 2 is 2.07 bits per heavy atom. The molecule has 1 unspecified atom stereocenters. The summed E-state index contributed by atoms with van der Waals surface area (Å²) < 4.78 is 0. The lowest BCUT2D eigenvalue weighted by Crippen LogP contribution is -1.99. The third-order valence-electron chi connectivity index (χ3n) is 2.65. The number of aryl methyl sites for hydroxylation is 1. The monoisotopic (exact) mass is 204 g/mol. The van der Waals surface area contributed by atoms with Gasteiger partial charge < -0.3 is 5.11 Å². The zero-order valence-electron chi connectivity index (χ0n) is 9.45. The average Bonchev–Trinajstić information content (AvgIpc) is 2.29. The molecule has 0 aliphatic rings. The summed E-state index contributed by atoms with van der Waals surface area (Å²) >= 11 is 0. The average molecular weight is 204 g/mol. The summed E-state index contributed by atoms with van der Waals surface area (Å²) in [7, 11) is 0. The van der Waals surface area contributed by atoms with Crippen LogP contribution in [0.2, 0.25) is 0 Å². The molecule has 82 valence electrons. The lowest BCUT2D eigenvalue weighted by Gasteiger charge is -2.11. The molecule has 15 heavy (non-hydrogen) atoms. The van der Waals surface area contributed by atoms with Crippen LogP contribution in [0.3, 0.4) is 0 Å². The largest absolute Gasteiger partial charge is 0.384 e. The van der Waals surface area contributed by atoms with Crippen molar-refractivity contribution >= 4 is 0 Å². The van der Waals surface area contributed by atoms with Crippen LogP contribution in [0.15, 0.2) is 36.9 Å². The quantitative estimate of drug-likeness (QED) is 0.554. The van der Waals surface area contributed by atoms with Gasteiger partial charge in [-0.3, -0.25) is 0 Å². The molecular weight excluding hydrogens is 184 g/mol. The summed E-state index contributed by atoms with van der Waals surface area (Å²) in [5.74, 6) is 0. The molecule has 1 heteroatoms. The minimum absolute atomic E-state index is 0.525. The van der Waals surface area contributed by atoms with Gasteiger partial charge in [0.2, 0.25) is 0 Å². The van der Waals surface area contributed by atoms with Gasteiger partial charge in [0.15, 0.2) is 0 Å². The molecular formula is C14H20O. The first-order valence-electron chi connectivity index (χ1n) is 5.68. The summed E-state index contributed by atoms with van der Waals surface area (Å²) in [4.78, 5) is 0. The second kappa shape index (κ2) is 6.41. The third kappa shape index (κ3) is 3.52. The van der Waals surface area contributed by atoms with E-state index in [9.17, 15) is 5.11 Å². The van der Waals surface area contributed by atoms with Crippen LogP contribution in [-0.4, -0.2) is 5.11 Å². The third-order valence-corrected chi connectivity index (χ3v) is 2.65. The van der Waals surface area contributed by atoms with Gasteiger partial charge >= 0.3 is 0 Å². The maximum absolute atomic E-state index is 9.75. The Kier molecular flexibility index (Phi) is 5.13. The Labute approximate surface area is 92.5 Å². The number of benzene rings is 1. The first-order chi connectivity index (χ1) is 7.29. The molecule has 0 radical (unpaired) electrons. The minimum Gasteiger partial charge on any atom is -0.384 e. The van der Waals surface area contributed by atoms with E-state index in [0.29, 0.717) is 0 Å². The molecule has 0 spiro atoms. The van der Waals surface area contributed by atoms with Crippen LogP contribution >= 0.6 is 0 Å². The Hall–Kier alpha value is -1.08. The Morgan fingerprint density at radius 3 is 2.73 bits per heavy atom. The second-order valence-corrected chi connectivity index (χ2v) is 3.84. The van der Waals surface area contributed by atoms with Crippen molar-refractivity contribution in [1.82, 2.24) is 0 Å². The van der Waals surface area contributed by atoms with Gasteiger partial charge in [-0.1, -0.05) is 50.1 Å². The van der Waals surface area contributed by atoms with Crippen molar-refractivity contribution in [2.45, 2.75) is 38.7 Å². The van der Waals surface area contributed by atoms with Gasteiger partial charge in [-0.2, -0.15) is 0 Å². The van der Waals surface area contributed by atoms with Crippen molar-refractivity contribution in [3.63, 3.8) is 0 Å². The molecule has 0 saturated heterocycles. The molecule has 1 rings (SSSR count). The summed E-state index contributed by atoms with van der Waals surface area (Å²) in [6.45, 7) is 5.82. The Bertz CT molecular complexity index is 304. The minimum atomic E-state index is -0.525. The molecule has 0 aliphatic heterocycles. The van der Waals surface area contributed by atoms with Crippen LogP contribution in [0.25, 0.3) is 0 Å². The fraction of sp³-hybridized carbons (Fsp3) is 0.429. The van der Waals surface area contributed by atoms with E-state index in [-0.39, 0.29) is 0 Å². The van der Waals surface area contributed by atoms with Gasteiger partial charge in [-0.05, 0) is 24.0 Å². The van der Waals surface area contributed by atoms with Crippen LogP contribution in [0, 0.1) is 0 Å². The van der Waals surface area contributed by atoms with Gasteiger partial charge in [-0.15, -0.1) is 6.58 Å². The predicted octanol–water partition coefficient (Wildman–Crippen LogP) is 3.64. The SMILES string of the molecule is C=CC(O)c1ccccc1CCCCC. The van der Waals surface area contributed by atoms with E-state index in [1.165, 1.54) is 24.8 Å². The fourth-order valence-electron chi connectivity index (χ4n) is 1.74. The van der Waals surface area contributed by atoms with Crippen molar-refractivity contribution < 1.29 is 5.11 Å². The van der Waals surface area contributed by atoms with Crippen molar-refractivity contribution in [2.75, 3.05) is 0 Å². The summed E-state index contributed by atoms with van der Waals surface area (Å²) in [5.41, 5.74) is 2.25. The lowest BCUT2D eigenvalue weighted by molar-refractivity contribution is 0.228. The first kappa shape index (κ1) is 12.0. The maximum atomic E-state index is 9.75. The van der Waals surface area contributed by atoms with Crippen LogP contribution in [0.1, 0.15) is 43.4 Å². The number of unbranched alkanes of at least 4 members (excludes halogenated alkanes) is 2. The molecule has 1 nitrogen and oxygen atoms in total. The molecule has 0 saturated carbocycles. The number of hydrogen-bond donors (Lipinski definition) is 1. The van der Waals surface area contributed by atoms with Crippen molar-refractivity contribution in [1.29, 1.82) is 0 Å². The summed E-state index contributed by atoms with van der Waals surface area (Å²) in [6.07, 6.45) is 5.78. The molecule has 0 amide bonds. The highest BCUT2D eigenvalue weighted by molar-refractivity contribution is 5.31. The van der Waals surface area contributed by atoms with E-state index in [1.807, 2.05) is 18.2 Å². The highest BCUT2D eigenvalue weighted by Gasteiger charge is 2.07.